The number of phenolic OH excluding ortho intramolecular Hbond substituents is 1. The Bertz CT molecular complexity index is 519. The molecule has 0 aliphatic rings. The number of hydrogen-bond donors (Lipinski definition) is 3. The molecule has 1 aromatic carbocycles. The Morgan fingerprint density at radius 1 is 1.35 bits per heavy atom. The highest BCUT2D eigenvalue weighted by Crippen LogP contribution is 2.26. The largest absolute Gasteiger partial charge is 0.503 e. The summed E-state index contributed by atoms with van der Waals surface area (Å²) in [5, 5.41) is 11.4. The molecule has 0 unspecified atom stereocenters. The van der Waals surface area contributed by atoms with Gasteiger partial charge in [0.1, 0.15) is 0 Å². The maximum Gasteiger partial charge on any atom is 0.254 e. The predicted octanol–water partition coefficient (Wildman–Crippen LogP) is 1.91. The van der Waals surface area contributed by atoms with Gasteiger partial charge in [0, 0.05) is 6.54 Å². The van der Waals surface area contributed by atoms with E-state index in [2.05, 4.69) is 5.32 Å². The fraction of sp³-hybridized carbons (Fsp3) is 0.462. The van der Waals surface area contributed by atoms with Crippen LogP contribution in [-0.2, 0) is 0 Å². The second kappa shape index (κ2) is 6.13. The molecule has 112 valence electrons. The molecule has 0 fully saturated rings. The molecule has 4 N–H and O–H groups in total. The maximum atomic E-state index is 13.5. The first-order valence-corrected chi connectivity index (χ1v) is 6.04. The number of rotatable bonds is 5. The van der Waals surface area contributed by atoms with Crippen LogP contribution < -0.4 is 11.1 Å². The number of nitrogens with two attached hydrogens (primary N) is 1. The highest BCUT2D eigenvalue weighted by atomic mass is 19.2. The number of hydrogen-bond acceptors (Lipinski definition) is 3. The topological polar surface area (TPSA) is 75.3 Å². The number of carbonyl (C=O) groups excluding carboxylic acids is 1. The summed E-state index contributed by atoms with van der Waals surface area (Å²) in [6, 6.07) is 0.412. The van der Waals surface area contributed by atoms with Crippen molar-refractivity contribution in [1.29, 1.82) is 0 Å². The summed E-state index contributed by atoms with van der Waals surface area (Å²) in [5.74, 6) is -7.13. The Kier molecular flexibility index (Phi) is 4.99. The van der Waals surface area contributed by atoms with Gasteiger partial charge in [-0.15, -0.1) is 0 Å². The summed E-state index contributed by atoms with van der Waals surface area (Å²) in [5.41, 5.74) is 4.35. The quantitative estimate of drug-likeness (QED) is 0.725. The Labute approximate surface area is 114 Å². The molecule has 0 aromatic heterocycles. The number of benzene rings is 1. The van der Waals surface area contributed by atoms with Gasteiger partial charge < -0.3 is 16.2 Å². The van der Waals surface area contributed by atoms with Crippen molar-refractivity contribution in [3.8, 4) is 5.75 Å². The Morgan fingerprint density at radius 2 is 1.95 bits per heavy atom. The van der Waals surface area contributed by atoms with E-state index in [0.717, 1.165) is 0 Å². The molecule has 0 aliphatic carbocycles. The second-order valence-electron chi connectivity index (χ2n) is 5.27. The van der Waals surface area contributed by atoms with Crippen LogP contribution in [0.5, 0.6) is 5.75 Å². The summed E-state index contributed by atoms with van der Waals surface area (Å²) in [4.78, 5) is 11.7. The van der Waals surface area contributed by atoms with E-state index < -0.39 is 34.7 Å². The van der Waals surface area contributed by atoms with Crippen LogP contribution in [0.25, 0.3) is 0 Å². The van der Waals surface area contributed by atoms with E-state index in [0.29, 0.717) is 19.0 Å². The van der Waals surface area contributed by atoms with Crippen molar-refractivity contribution < 1.29 is 23.1 Å². The standard InChI is InChI=1S/C13H17F3N2O2/c1-13(2,3-4-17)6-18-12(20)7-5-8(14)10(16)11(19)9(7)15/h5,19H,3-4,6,17H2,1-2H3,(H,18,20). The summed E-state index contributed by atoms with van der Waals surface area (Å²) < 4.78 is 39.5. The smallest absolute Gasteiger partial charge is 0.254 e. The molecular formula is C13H17F3N2O2. The van der Waals surface area contributed by atoms with Gasteiger partial charge in [-0.2, -0.15) is 4.39 Å². The van der Waals surface area contributed by atoms with Crippen LogP contribution in [0.1, 0.15) is 30.6 Å². The number of nitrogens with one attached hydrogen (secondary N) is 1. The summed E-state index contributed by atoms with van der Waals surface area (Å²) in [7, 11) is 0. The van der Waals surface area contributed by atoms with Crippen LogP contribution in [0, 0.1) is 22.9 Å². The maximum absolute atomic E-state index is 13.5. The van der Waals surface area contributed by atoms with Gasteiger partial charge in [0.2, 0.25) is 5.82 Å². The molecular weight excluding hydrogens is 273 g/mol. The number of carbonyl (C=O) groups is 1. The van der Waals surface area contributed by atoms with E-state index in [9.17, 15) is 18.0 Å². The van der Waals surface area contributed by atoms with Crippen LogP contribution in [0.3, 0.4) is 0 Å². The normalized spacial score (nSPS) is 11.5. The molecule has 20 heavy (non-hydrogen) atoms. The van der Waals surface area contributed by atoms with Crippen molar-refractivity contribution in [1.82, 2.24) is 5.32 Å². The van der Waals surface area contributed by atoms with E-state index in [1.54, 1.807) is 0 Å². The average Bonchev–Trinajstić information content (AvgIpc) is 2.38. The Morgan fingerprint density at radius 3 is 2.50 bits per heavy atom. The van der Waals surface area contributed by atoms with E-state index in [4.69, 9.17) is 10.8 Å². The third kappa shape index (κ3) is 3.63. The zero-order valence-electron chi connectivity index (χ0n) is 11.3. The van der Waals surface area contributed by atoms with E-state index in [1.165, 1.54) is 0 Å². The van der Waals surface area contributed by atoms with Gasteiger partial charge in [0.05, 0.1) is 5.56 Å². The molecule has 0 aliphatic heterocycles. The lowest BCUT2D eigenvalue weighted by Crippen LogP contribution is -2.35. The summed E-state index contributed by atoms with van der Waals surface area (Å²) >= 11 is 0. The van der Waals surface area contributed by atoms with Gasteiger partial charge in [0.15, 0.2) is 17.4 Å². The van der Waals surface area contributed by atoms with Crippen molar-refractivity contribution in [2.75, 3.05) is 13.1 Å². The highest BCUT2D eigenvalue weighted by molar-refractivity contribution is 5.95. The van der Waals surface area contributed by atoms with Gasteiger partial charge >= 0.3 is 0 Å². The van der Waals surface area contributed by atoms with Gasteiger partial charge in [-0.05, 0) is 24.4 Å². The monoisotopic (exact) mass is 290 g/mol. The number of halogens is 3. The highest BCUT2D eigenvalue weighted by Gasteiger charge is 2.24. The molecule has 0 atom stereocenters. The Hall–Kier alpha value is -1.76. The van der Waals surface area contributed by atoms with E-state index in [-0.39, 0.29) is 12.0 Å². The van der Waals surface area contributed by atoms with E-state index >= 15 is 0 Å². The van der Waals surface area contributed by atoms with Crippen LogP contribution in [0.2, 0.25) is 0 Å². The van der Waals surface area contributed by atoms with Gasteiger partial charge in [-0.25, -0.2) is 8.78 Å². The number of amides is 1. The molecule has 0 saturated heterocycles. The van der Waals surface area contributed by atoms with Gasteiger partial charge in [-0.1, -0.05) is 13.8 Å². The number of phenols is 1. The lowest BCUT2D eigenvalue weighted by molar-refractivity contribution is 0.0929. The fourth-order valence-electron chi connectivity index (χ4n) is 1.65. The molecule has 0 radical (unpaired) electrons. The minimum absolute atomic E-state index is 0.183. The van der Waals surface area contributed by atoms with Crippen molar-refractivity contribution in [3.05, 3.63) is 29.1 Å². The molecule has 0 heterocycles. The zero-order valence-corrected chi connectivity index (χ0v) is 11.3. The summed E-state index contributed by atoms with van der Waals surface area (Å²) in [6.45, 7) is 4.30. The minimum Gasteiger partial charge on any atom is -0.503 e. The van der Waals surface area contributed by atoms with E-state index in [1.807, 2.05) is 13.8 Å². The van der Waals surface area contributed by atoms with Crippen molar-refractivity contribution >= 4 is 5.91 Å². The molecule has 1 amide bonds. The lowest BCUT2D eigenvalue weighted by atomic mass is 9.89. The molecule has 0 bridgehead atoms. The second-order valence-corrected chi connectivity index (χ2v) is 5.27. The molecule has 1 aromatic rings. The third-order valence-corrected chi connectivity index (χ3v) is 2.93. The first-order valence-electron chi connectivity index (χ1n) is 6.04. The summed E-state index contributed by atoms with van der Waals surface area (Å²) in [6.07, 6.45) is 0.624. The number of aromatic hydroxyl groups is 1. The van der Waals surface area contributed by atoms with Crippen LogP contribution in [0.15, 0.2) is 6.07 Å². The van der Waals surface area contributed by atoms with Crippen molar-refractivity contribution in [2.24, 2.45) is 11.1 Å². The molecule has 4 nitrogen and oxygen atoms in total. The van der Waals surface area contributed by atoms with Crippen LogP contribution >= 0.6 is 0 Å². The zero-order chi connectivity index (χ0) is 15.5. The molecule has 7 heteroatoms. The average molecular weight is 290 g/mol. The fourth-order valence-corrected chi connectivity index (χ4v) is 1.65. The first-order chi connectivity index (χ1) is 9.19. The molecule has 1 rings (SSSR count). The van der Waals surface area contributed by atoms with Crippen molar-refractivity contribution in [2.45, 2.75) is 20.3 Å². The van der Waals surface area contributed by atoms with Crippen LogP contribution in [-0.4, -0.2) is 24.1 Å². The molecule has 0 saturated carbocycles. The minimum atomic E-state index is -1.72. The van der Waals surface area contributed by atoms with Crippen LogP contribution in [0.4, 0.5) is 13.2 Å². The SMILES string of the molecule is CC(C)(CCN)CNC(=O)c1cc(F)c(F)c(O)c1F. The molecule has 0 spiro atoms. The predicted molar refractivity (Wildman–Crippen MR) is 67.8 cm³/mol. The lowest BCUT2D eigenvalue weighted by Gasteiger charge is -2.24. The van der Waals surface area contributed by atoms with Gasteiger partial charge in [0.25, 0.3) is 5.91 Å². The van der Waals surface area contributed by atoms with Crippen molar-refractivity contribution in [3.63, 3.8) is 0 Å². The first kappa shape index (κ1) is 16.3. The Balaban J connectivity index is 2.89. The van der Waals surface area contributed by atoms with Gasteiger partial charge in [-0.3, -0.25) is 4.79 Å². The third-order valence-electron chi connectivity index (χ3n) is 2.93.